The van der Waals surface area contributed by atoms with Gasteiger partial charge in [0.1, 0.15) is 0 Å². The summed E-state index contributed by atoms with van der Waals surface area (Å²) in [7, 11) is 1.65. The van der Waals surface area contributed by atoms with Gasteiger partial charge in [-0.15, -0.1) is 0 Å². The lowest BCUT2D eigenvalue weighted by atomic mass is 9.89. The van der Waals surface area contributed by atoms with E-state index in [-0.39, 0.29) is 12.3 Å². The van der Waals surface area contributed by atoms with Crippen molar-refractivity contribution in [2.75, 3.05) is 7.05 Å². The molecule has 0 saturated heterocycles. The fraction of sp³-hybridized carbons (Fsp3) is 0.429. The molecule has 0 radical (unpaired) electrons. The average molecular weight is 284 g/mol. The van der Waals surface area contributed by atoms with E-state index in [1.807, 2.05) is 12.1 Å². The van der Waals surface area contributed by atoms with E-state index in [1.54, 1.807) is 33.0 Å². The first-order chi connectivity index (χ1) is 8.72. The number of carboxylic acids is 1. The van der Waals surface area contributed by atoms with Crippen LogP contribution >= 0.6 is 11.6 Å². The number of nitrogens with zero attached hydrogens (tertiary/aromatic N) is 1. The van der Waals surface area contributed by atoms with Crippen molar-refractivity contribution in [3.05, 3.63) is 34.9 Å². The Morgan fingerprint density at radius 1 is 1.37 bits per heavy atom. The van der Waals surface area contributed by atoms with E-state index in [4.69, 9.17) is 16.7 Å². The number of carboxylic acid groups (broad SMARTS) is 1. The van der Waals surface area contributed by atoms with E-state index >= 15 is 0 Å². The molecule has 0 aliphatic heterocycles. The standard InChI is InChI=1S/C14H18ClNO3/c1-14(2,13(18)19)8-12(17)16(3)9-10-5-4-6-11(15)7-10/h4-7H,8-9H2,1-3H3,(H,18,19). The fourth-order valence-electron chi connectivity index (χ4n) is 1.59. The molecule has 0 unspecified atom stereocenters. The highest BCUT2D eigenvalue weighted by molar-refractivity contribution is 6.30. The molecule has 0 aliphatic carbocycles. The van der Waals surface area contributed by atoms with E-state index in [2.05, 4.69) is 0 Å². The fourth-order valence-corrected chi connectivity index (χ4v) is 1.80. The molecule has 0 spiro atoms. The smallest absolute Gasteiger partial charge is 0.309 e. The van der Waals surface area contributed by atoms with Gasteiger partial charge in [0.05, 0.1) is 5.41 Å². The Hall–Kier alpha value is -1.55. The van der Waals surface area contributed by atoms with Crippen molar-refractivity contribution in [2.45, 2.75) is 26.8 Å². The maximum absolute atomic E-state index is 12.0. The summed E-state index contributed by atoms with van der Waals surface area (Å²) in [6, 6.07) is 7.24. The molecule has 1 aromatic carbocycles. The Morgan fingerprint density at radius 3 is 2.53 bits per heavy atom. The van der Waals surface area contributed by atoms with Crippen molar-refractivity contribution >= 4 is 23.5 Å². The van der Waals surface area contributed by atoms with E-state index in [0.29, 0.717) is 11.6 Å². The van der Waals surface area contributed by atoms with Gasteiger partial charge in [-0.1, -0.05) is 23.7 Å². The third-order valence-corrected chi connectivity index (χ3v) is 3.14. The molecule has 19 heavy (non-hydrogen) atoms. The van der Waals surface area contributed by atoms with Crippen LogP contribution in [-0.2, 0) is 16.1 Å². The SMILES string of the molecule is CN(Cc1cccc(Cl)c1)C(=O)CC(C)(C)C(=O)O. The van der Waals surface area contributed by atoms with Crippen LogP contribution in [0.5, 0.6) is 0 Å². The first kappa shape index (κ1) is 15.5. The number of carbonyl (C=O) groups excluding carboxylic acids is 1. The zero-order valence-corrected chi connectivity index (χ0v) is 12.1. The predicted molar refractivity (Wildman–Crippen MR) is 74.0 cm³/mol. The van der Waals surface area contributed by atoms with Gasteiger partial charge in [-0.05, 0) is 31.5 Å². The first-order valence-corrected chi connectivity index (χ1v) is 6.32. The van der Waals surface area contributed by atoms with Gasteiger partial charge in [0, 0.05) is 25.0 Å². The van der Waals surface area contributed by atoms with Crippen LogP contribution in [0.4, 0.5) is 0 Å². The molecule has 1 amide bonds. The molecule has 0 bridgehead atoms. The molecular weight excluding hydrogens is 266 g/mol. The van der Waals surface area contributed by atoms with E-state index in [9.17, 15) is 9.59 Å². The molecule has 0 saturated carbocycles. The van der Waals surface area contributed by atoms with Crippen LogP contribution in [0.3, 0.4) is 0 Å². The quantitative estimate of drug-likeness (QED) is 0.904. The largest absolute Gasteiger partial charge is 0.481 e. The molecular formula is C14H18ClNO3. The van der Waals surface area contributed by atoms with Gasteiger partial charge in [0.15, 0.2) is 0 Å². The third kappa shape index (κ3) is 4.56. The number of aliphatic carboxylic acids is 1. The maximum Gasteiger partial charge on any atom is 0.309 e. The van der Waals surface area contributed by atoms with Crippen LogP contribution in [-0.4, -0.2) is 28.9 Å². The van der Waals surface area contributed by atoms with Crippen molar-refractivity contribution in [1.29, 1.82) is 0 Å². The Bertz CT molecular complexity index is 485. The van der Waals surface area contributed by atoms with Crippen molar-refractivity contribution in [3.63, 3.8) is 0 Å². The minimum absolute atomic E-state index is 0.0284. The zero-order chi connectivity index (χ0) is 14.6. The van der Waals surface area contributed by atoms with Crippen molar-refractivity contribution < 1.29 is 14.7 Å². The van der Waals surface area contributed by atoms with Crippen molar-refractivity contribution in [1.82, 2.24) is 4.90 Å². The third-order valence-electron chi connectivity index (χ3n) is 2.91. The molecule has 1 rings (SSSR count). The summed E-state index contributed by atoms with van der Waals surface area (Å²) in [4.78, 5) is 24.5. The summed E-state index contributed by atoms with van der Waals surface area (Å²) >= 11 is 5.87. The highest BCUT2D eigenvalue weighted by Gasteiger charge is 2.31. The molecule has 5 heteroatoms. The zero-order valence-electron chi connectivity index (χ0n) is 11.3. The monoisotopic (exact) mass is 283 g/mol. The first-order valence-electron chi connectivity index (χ1n) is 5.94. The number of amides is 1. The van der Waals surface area contributed by atoms with Gasteiger partial charge in [-0.2, -0.15) is 0 Å². The number of hydrogen-bond donors (Lipinski definition) is 1. The van der Waals surface area contributed by atoms with Gasteiger partial charge in [-0.3, -0.25) is 9.59 Å². The van der Waals surface area contributed by atoms with Crippen LogP contribution in [0, 0.1) is 5.41 Å². The number of hydrogen-bond acceptors (Lipinski definition) is 2. The molecule has 0 atom stereocenters. The molecule has 1 N–H and O–H groups in total. The lowest BCUT2D eigenvalue weighted by molar-refractivity contribution is -0.151. The van der Waals surface area contributed by atoms with E-state index in [0.717, 1.165) is 5.56 Å². The van der Waals surface area contributed by atoms with Crippen LogP contribution in [0.2, 0.25) is 5.02 Å². The number of benzene rings is 1. The van der Waals surface area contributed by atoms with Crippen LogP contribution in [0.15, 0.2) is 24.3 Å². The van der Waals surface area contributed by atoms with E-state index in [1.165, 1.54) is 4.90 Å². The molecule has 0 heterocycles. The normalized spacial score (nSPS) is 11.2. The Balaban J connectivity index is 2.66. The summed E-state index contributed by atoms with van der Waals surface area (Å²) in [5.74, 6) is -1.18. The average Bonchev–Trinajstić information content (AvgIpc) is 2.28. The summed E-state index contributed by atoms with van der Waals surface area (Å²) in [6.07, 6.45) is -0.0284. The Morgan fingerprint density at radius 2 is 2.00 bits per heavy atom. The molecule has 104 valence electrons. The number of halogens is 1. The molecule has 0 aliphatic rings. The lowest BCUT2D eigenvalue weighted by Gasteiger charge is -2.23. The Labute approximate surface area is 118 Å². The predicted octanol–water partition coefficient (Wildman–Crippen LogP) is 2.80. The van der Waals surface area contributed by atoms with Gasteiger partial charge < -0.3 is 10.0 Å². The second kappa shape index (κ2) is 6.06. The lowest BCUT2D eigenvalue weighted by Crippen LogP contribution is -2.34. The van der Waals surface area contributed by atoms with Gasteiger partial charge in [0.2, 0.25) is 5.91 Å². The van der Waals surface area contributed by atoms with Gasteiger partial charge >= 0.3 is 5.97 Å². The number of rotatable bonds is 5. The molecule has 0 fully saturated rings. The van der Waals surface area contributed by atoms with Crippen LogP contribution in [0.25, 0.3) is 0 Å². The second-order valence-electron chi connectivity index (χ2n) is 5.25. The minimum Gasteiger partial charge on any atom is -0.481 e. The van der Waals surface area contributed by atoms with Crippen LogP contribution in [0.1, 0.15) is 25.8 Å². The maximum atomic E-state index is 12.0. The Kier molecular flexibility index (Phi) is 4.95. The minimum atomic E-state index is -1.06. The van der Waals surface area contributed by atoms with Crippen LogP contribution < -0.4 is 0 Å². The molecule has 1 aromatic rings. The highest BCUT2D eigenvalue weighted by Crippen LogP contribution is 2.22. The number of carbonyl (C=O) groups is 2. The topological polar surface area (TPSA) is 57.6 Å². The molecule has 4 nitrogen and oxygen atoms in total. The second-order valence-corrected chi connectivity index (χ2v) is 5.68. The molecule has 0 aromatic heterocycles. The van der Waals surface area contributed by atoms with Crippen molar-refractivity contribution in [3.8, 4) is 0 Å². The van der Waals surface area contributed by atoms with Crippen molar-refractivity contribution in [2.24, 2.45) is 5.41 Å². The highest BCUT2D eigenvalue weighted by atomic mass is 35.5. The van der Waals surface area contributed by atoms with E-state index < -0.39 is 11.4 Å². The summed E-state index contributed by atoms with van der Waals surface area (Å²) in [5.41, 5.74) is -0.142. The van der Waals surface area contributed by atoms with Gasteiger partial charge in [-0.25, -0.2) is 0 Å². The summed E-state index contributed by atoms with van der Waals surface area (Å²) in [5, 5.41) is 9.62. The van der Waals surface area contributed by atoms with Gasteiger partial charge in [0.25, 0.3) is 0 Å². The summed E-state index contributed by atoms with van der Waals surface area (Å²) < 4.78 is 0. The summed E-state index contributed by atoms with van der Waals surface area (Å²) in [6.45, 7) is 3.50.